The summed E-state index contributed by atoms with van der Waals surface area (Å²) in [5.74, 6) is -0.153. The Morgan fingerprint density at radius 1 is 1.44 bits per heavy atom. The van der Waals surface area contributed by atoms with Gasteiger partial charge in [-0.2, -0.15) is 0 Å². The Kier molecular flexibility index (Phi) is 3.14. The zero-order valence-electron chi connectivity index (χ0n) is 8.76. The molecule has 0 fully saturated rings. The maximum atomic E-state index is 13.4. The van der Waals surface area contributed by atoms with Crippen LogP contribution in [-0.4, -0.2) is 13.8 Å². The SMILES string of the molecule is Cn1cncc1CS(=O)c1ccccc1F. The van der Waals surface area contributed by atoms with Crippen molar-refractivity contribution in [2.24, 2.45) is 7.05 Å². The van der Waals surface area contributed by atoms with Crippen molar-refractivity contribution in [2.75, 3.05) is 0 Å². The second-order valence-electron chi connectivity index (χ2n) is 3.42. The highest BCUT2D eigenvalue weighted by molar-refractivity contribution is 7.84. The Morgan fingerprint density at radius 3 is 2.81 bits per heavy atom. The van der Waals surface area contributed by atoms with E-state index in [-0.39, 0.29) is 10.6 Å². The van der Waals surface area contributed by atoms with Crippen LogP contribution in [0, 0.1) is 5.82 Å². The van der Waals surface area contributed by atoms with Crippen LogP contribution in [0.4, 0.5) is 4.39 Å². The van der Waals surface area contributed by atoms with Crippen molar-refractivity contribution in [1.82, 2.24) is 9.55 Å². The Labute approximate surface area is 95.4 Å². The Hall–Kier alpha value is -1.49. The van der Waals surface area contributed by atoms with E-state index in [1.807, 2.05) is 7.05 Å². The summed E-state index contributed by atoms with van der Waals surface area (Å²) in [7, 11) is 0.450. The molecule has 2 aromatic rings. The van der Waals surface area contributed by atoms with Crippen molar-refractivity contribution in [3.05, 3.63) is 48.3 Å². The van der Waals surface area contributed by atoms with Crippen LogP contribution >= 0.6 is 0 Å². The average molecular weight is 238 g/mol. The first-order valence-electron chi connectivity index (χ1n) is 4.76. The predicted octanol–water partition coefficient (Wildman–Crippen LogP) is 1.87. The van der Waals surface area contributed by atoms with E-state index in [0.29, 0.717) is 0 Å². The molecule has 1 unspecified atom stereocenters. The lowest BCUT2D eigenvalue weighted by molar-refractivity contribution is 0.595. The van der Waals surface area contributed by atoms with Gasteiger partial charge < -0.3 is 4.57 Å². The van der Waals surface area contributed by atoms with Gasteiger partial charge in [0, 0.05) is 18.9 Å². The van der Waals surface area contributed by atoms with Gasteiger partial charge in [-0.3, -0.25) is 4.21 Å². The molecule has 0 saturated carbocycles. The van der Waals surface area contributed by atoms with E-state index in [2.05, 4.69) is 4.98 Å². The van der Waals surface area contributed by atoms with E-state index in [9.17, 15) is 8.60 Å². The van der Waals surface area contributed by atoms with Crippen molar-refractivity contribution >= 4 is 10.8 Å². The van der Waals surface area contributed by atoms with Gasteiger partial charge in [0.2, 0.25) is 0 Å². The number of imidazole rings is 1. The van der Waals surface area contributed by atoms with Gasteiger partial charge in [0.1, 0.15) is 5.82 Å². The van der Waals surface area contributed by atoms with Crippen LogP contribution in [0.25, 0.3) is 0 Å². The first kappa shape index (κ1) is 11.0. The molecule has 2 rings (SSSR count). The van der Waals surface area contributed by atoms with Gasteiger partial charge in [-0.05, 0) is 12.1 Å². The number of hydrogen-bond acceptors (Lipinski definition) is 2. The Balaban J connectivity index is 2.22. The van der Waals surface area contributed by atoms with Gasteiger partial charge >= 0.3 is 0 Å². The molecule has 0 bridgehead atoms. The summed E-state index contributed by atoms with van der Waals surface area (Å²) in [4.78, 5) is 4.17. The summed E-state index contributed by atoms with van der Waals surface area (Å²) in [5.41, 5.74) is 0.821. The van der Waals surface area contributed by atoms with Gasteiger partial charge in [0.15, 0.2) is 0 Å². The Morgan fingerprint density at radius 2 is 2.19 bits per heavy atom. The molecule has 0 aliphatic rings. The minimum Gasteiger partial charge on any atom is -0.337 e. The van der Waals surface area contributed by atoms with Gasteiger partial charge in [-0.15, -0.1) is 0 Å². The first-order valence-corrected chi connectivity index (χ1v) is 6.08. The molecule has 0 amide bonds. The molecule has 1 aromatic carbocycles. The highest BCUT2D eigenvalue weighted by Gasteiger charge is 2.11. The summed E-state index contributed by atoms with van der Waals surface area (Å²) in [6.07, 6.45) is 3.27. The van der Waals surface area contributed by atoms with Crippen LogP contribution in [0.5, 0.6) is 0 Å². The molecule has 84 valence electrons. The fraction of sp³-hybridized carbons (Fsp3) is 0.182. The lowest BCUT2D eigenvalue weighted by Gasteiger charge is -2.03. The number of hydrogen-bond donors (Lipinski definition) is 0. The second kappa shape index (κ2) is 4.57. The molecule has 5 heteroatoms. The zero-order chi connectivity index (χ0) is 11.5. The van der Waals surface area contributed by atoms with E-state index in [0.717, 1.165) is 5.69 Å². The third kappa shape index (κ3) is 2.19. The van der Waals surface area contributed by atoms with E-state index in [1.165, 1.54) is 6.07 Å². The van der Waals surface area contributed by atoms with Crippen molar-refractivity contribution in [2.45, 2.75) is 10.6 Å². The summed E-state index contributed by atoms with van der Waals surface area (Å²) in [6.45, 7) is 0. The number of benzene rings is 1. The minimum atomic E-state index is -1.37. The minimum absolute atomic E-state index is 0.240. The normalized spacial score (nSPS) is 12.6. The van der Waals surface area contributed by atoms with E-state index in [4.69, 9.17) is 0 Å². The van der Waals surface area contributed by atoms with Crippen LogP contribution < -0.4 is 0 Å². The van der Waals surface area contributed by atoms with E-state index < -0.39 is 16.6 Å². The van der Waals surface area contributed by atoms with Crippen LogP contribution in [0.15, 0.2) is 41.7 Å². The summed E-state index contributed by atoms with van der Waals surface area (Å²) in [5, 5.41) is 0. The fourth-order valence-corrected chi connectivity index (χ4v) is 2.58. The lowest BCUT2D eigenvalue weighted by atomic mass is 10.3. The van der Waals surface area contributed by atoms with Gasteiger partial charge in [-0.1, -0.05) is 12.1 Å². The number of halogens is 1. The van der Waals surface area contributed by atoms with Crippen LogP contribution in [-0.2, 0) is 23.6 Å². The quantitative estimate of drug-likeness (QED) is 0.818. The third-order valence-electron chi connectivity index (χ3n) is 2.28. The molecule has 1 heterocycles. The molecule has 16 heavy (non-hydrogen) atoms. The molecule has 0 radical (unpaired) electrons. The summed E-state index contributed by atoms with van der Waals surface area (Å²) in [6, 6.07) is 6.12. The molecule has 0 spiro atoms. The standard InChI is InChI=1S/C11H11FN2OS/c1-14-8-13-6-9(14)7-16(15)11-5-3-2-4-10(11)12/h2-6,8H,7H2,1H3. The molecule has 0 saturated heterocycles. The zero-order valence-corrected chi connectivity index (χ0v) is 9.58. The van der Waals surface area contributed by atoms with Crippen molar-refractivity contribution < 1.29 is 8.60 Å². The number of aryl methyl sites for hydroxylation is 1. The molecule has 0 N–H and O–H groups in total. The molecular formula is C11H11FN2OS. The first-order chi connectivity index (χ1) is 7.68. The number of aromatic nitrogens is 2. The lowest BCUT2D eigenvalue weighted by Crippen LogP contribution is -2.03. The van der Waals surface area contributed by atoms with Gasteiger partial charge in [-0.25, -0.2) is 9.37 Å². The Bertz CT molecular complexity index is 524. The van der Waals surface area contributed by atoms with Crippen molar-refractivity contribution in [1.29, 1.82) is 0 Å². The third-order valence-corrected chi connectivity index (χ3v) is 3.66. The maximum absolute atomic E-state index is 13.4. The molecule has 0 aliphatic heterocycles. The highest BCUT2D eigenvalue weighted by atomic mass is 32.2. The van der Waals surface area contributed by atoms with Crippen molar-refractivity contribution in [3.63, 3.8) is 0 Å². The van der Waals surface area contributed by atoms with Crippen LogP contribution in [0.2, 0.25) is 0 Å². The van der Waals surface area contributed by atoms with E-state index >= 15 is 0 Å². The number of rotatable bonds is 3. The summed E-state index contributed by atoms with van der Waals surface area (Å²) >= 11 is 0. The molecule has 3 nitrogen and oxygen atoms in total. The smallest absolute Gasteiger partial charge is 0.139 e. The topological polar surface area (TPSA) is 34.9 Å². The van der Waals surface area contributed by atoms with Crippen LogP contribution in [0.3, 0.4) is 0 Å². The molecule has 0 aliphatic carbocycles. The molecule has 1 atom stereocenters. The second-order valence-corrected chi connectivity index (χ2v) is 4.84. The van der Waals surface area contributed by atoms with Crippen molar-refractivity contribution in [3.8, 4) is 0 Å². The van der Waals surface area contributed by atoms with Gasteiger partial charge in [0.25, 0.3) is 0 Å². The molecule has 1 aromatic heterocycles. The van der Waals surface area contributed by atoms with E-state index in [1.54, 1.807) is 35.3 Å². The number of nitrogens with zero attached hydrogens (tertiary/aromatic N) is 2. The fourth-order valence-electron chi connectivity index (χ4n) is 1.37. The molecular weight excluding hydrogens is 227 g/mol. The largest absolute Gasteiger partial charge is 0.337 e. The predicted molar refractivity (Wildman–Crippen MR) is 59.7 cm³/mol. The monoisotopic (exact) mass is 238 g/mol. The maximum Gasteiger partial charge on any atom is 0.139 e. The van der Waals surface area contributed by atoms with Crippen LogP contribution in [0.1, 0.15) is 5.69 Å². The highest BCUT2D eigenvalue weighted by Crippen LogP contribution is 2.15. The summed E-state index contributed by atoms with van der Waals surface area (Å²) < 4.78 is 27.0. The average Bonchev–Trinajstić information content (AvgIpc) is 2.65. The van der Waals surface area contributed by atoms with Gasteiger partial charge in [0.05, 0.1) is 27.8 Å².